The maximum absolute atomic E-state index is 11.8. The Morgan fingerprint density at radius 3 is 1.84 bits per heavy atom. The third-order valence-electron chi connectivity index (χ3n) is 3.46. The van der Waals surface area contributed by atoms with Crippen molar-refractivity contribution in [3.05, 3.63) is 0 Å². The van der Waals surface area contributed by atoms with E-state index in [-0.39, 0.29) is 25.0 Å². The van der Waals surface area contributed by atoms with Crippen molar-refractivity contribution in [2.75, 3.05) is 13.1 Å². The van der Waals surface area contributed by atoms with Gasteiger partial charge in [0.2, 0.25) is 0 Å². The fourth-order valence-electron chi connectivity index (χ4n) is 2.50. The van der Waals surface area contributed by atoms with Crippen LogP contribution in [0.5, 0.6) is 0 Å². The summed E-state index contributed by atoms with van der Waals surface area (Å²) < 4.78 is 5.21. The minimum atomic E-state index is -1.37. The predicted molar refractivity (Wildman–Crippen MR) is 61.3 cm³/mol. The normalized spacial score (nSPS) is 20.8. The van der Waals surface area contributed by atoms with Gasteiger partial charge in [-0.25, -0.2) is 19.6 Å². The molecule has 0 spiro atoms. The van der Waals surface area contributed by atoms with E-state index >= 15 is 0 Å². The Bertz CT molecular complexity index is 371. The Morgan fingerprint density at radius 2 is 1.42 bits per heavy atom. The van der Waals surface area contributed by atoms with E-state index in [1.165, 1.54) is 0 Å². The predicted octanol–water partition coefficient (Wildman–Crippen LogP) is 0.977. The molecule has 1 aliphatic carbocycles. The lowest BCUT2D eigenvalue weighted by molar-refractivity contribution is -0.152. The first-order valence-electron chi connectivity index (χ1n) is 6.20. The van der Waals surface area contributed by atoms with Gasteiger partial charge in [0, 0.05) is 0 Å². The van der Waals surface area contributed by atoms with Crippen LogP contribution in [0.1, 0.15) is 25.7 Å². The zero-order valence-electron chi connectivity index (χ0n) is 10.3. The second-order valence-corrected chi connectivity index (χ2v) is 4.77. The summed E-state index contributed by atoms with van der Waals surface area (Å²) in [5.74, 6) is -0.475. The first kappa shape index (κ1) is 13.4. The summed E-state index contributed by atoms with van der Waals surface area (Å²) in [7, 11) is 0. The topological polar surface area (TPSA) is 107 Å². The molecule has 1 aliphatic heterocycles. The average Bonchev–Trinajstić information content (AvgIpc) is 2.97. The van der Waals surface area contributed by atoms with Gasteiger partial charge < -0.3 is 14.9 Å². The molecule has 2 rings (SSSR count). The molecule has 106 valence electrons. The highest BCUT2D eigenvalue weighted by Gasteiger charge is 2.39. The van der Waals surface area contributed by atoms with Crippen LogP contribution in [0.3, 0.4) is 0 Å². The summed E-state index contributed by atoms with van der Waals surface area (Å²) in [6, 6.07) is 0. The van der Waals surface area contributed by atoms with E-state index in [1.54, 1.807) is 0 Å². The number of esters is 1. The van der Waals surface area contributed by atoms with Crippen molar-refractivity contribution in [3.63, 3.8) is 0 Å². The van der Waals surface area contributed by atoms with Gasteiger partial charge in [-0.2, -0.15) is 0 Å². The molecule has 2 fully saturated rings. The van der Waals surface area contributed by atoms with Crippen LogP contribution in [0.2, 0.25) is 0 Å². The van der Waals surface area contributed by atoms with Gasteiger partial charge in [-0.15, -0.1) is 0 Å². The number of hydrogen-bond acceptors (Lipinski definition) is 4. The Kier molecular flexibility index (Phi) is 3.77. The number of carboxylic acid groups (broad SMARTS) is 2. The molecule has 1 heterocycles. The Hall–Kier alpha value is -1.99. The minimum absolute atomic E-state index is 0.128. The lowest BCUT2D eigenvalue weighted by atomic mass is 10.1. The summed E-state index contributed by atoms with van der Waals surface area (Å²) in [6.45, 7) is -0.278. The minimum Gasteiger partial charge on any atom is -0.464 e. The first-order chi connectivity index (χ1) is 8.99. The van der Waals surface area contributed by atoms with Crippen molar-refractivity contribution in [1.29, 1.82) is 0 Å². The van der Waals surface area contributed by atoms with Crippen LogP contribution >= 0.6 is 0 Å². The van der Waals surface area contributed by atoms with Crippen molar-refractivity contribution >= 4 is 18.2 Å². The standard InChI is InChI=1S/C11H16N2O6/c14-9(7-3-1-2-4-7)19-8-5-12(10(15)16)13(6-8)11(17)18/h7-8H,1-6H2,(H,15,16)(H,17,18). The zero-order valence-corrected chi connectivity index (χ0v) is 10.3. The van der Waals surface area contributed by atoms with Crippen molar-refractivity contribution in [1.82, 2.24) is 10.0 Å². The molecule has 0 atom stereocenters. The quantitative estimate of drug-likeness (QED) is 0.725. The highest BCUT2D eigenvalue weighted by molar-refractivity contribution is 5.74. The number of carbonyl (C=O) groups is 3. The third-order valence-corrected chi connectivity index (χ3v) is 3.46. The monoisotopic (exact) mass is 272 g/mol. The number of rotatable bonds is 2. The number of hydrazine groups is 1. The molecule has 19 heavy (non-hydrogen) atoms. The van der Waals surface area contributed by atoms with Crippen molar-refractivity contribution < 1.29 is 29.3 Å². The molecule has 0 radical (unpaired) electrons. The van der Waals surface area contributed by atoms with Gasteiger partial charge in [-0.1, -0.05) is 12.8 Å². The van der Waals surface area contributed by atoms with Crippen LogP contribution in [0.25, 0.3) is 0 Å². The largest absolute Gasteiger partial charge is 0.464 e. The zero-order chi connectivity index (χ0) is 14.0. The molecule has 0 aromatic carbocycles. The molecule has 0 aromatic rings. The fourth-order valence-corrected chi connectivity index (χ4v) is 2.50. The number of hydrogen-bond donors (Lipinski definition) is 2. The van der Waals surface area contributed by atoms with Gasteiger partial charge in [-0.05, 0) is 12.8 Å². The molecule has 1 saturated carbocycles. The van der Waals surface area contributed by atoms with Crippen LogP contribution in [0.15, 0.2) is 0 Å². The van der Waals surface area contributed by atoms with E-state index in [2.05, 4.69) is 0 Å². The summed E-state index contributed by atoms with van der Waals surface area (Å²) in [6.07, 6.45) is 0.0945. The fraction of sp³-hybridized carbons (Fsp3) is 0.727. The third kappa shape index (κ3) is 2.88. The molecule has 0 bridgehead atoms. The summed E-state index contributed by atoms with van der Waals surface area (Å²) in [5, 5.41) is 19.0. The van der Waals surface area contributed by atoms with E-state index in [9.17, 15) is 14.4 Å². The van der Waals surface area contributed by atoms with Crippen molar-refractivity contribution in [2.24, 2.45) is 5.92 Å². The molecule has 2 N–H and O–H groups in total. The second kappa shape index (κ2) is 5.33. The number of nitrogens with zero attached hydrogens (tertiary/aromatic N) is 2. The SMILES string of the molecule is O=C(OC1CN(C(=O)O)N(C(=O)O)C1)C1CCCC1. The summed E-state index contributed by atoms with van der Waals surface area (Å²) in [5.41, 5.74) is 0. The molecule has 1 saturated heterocycles. The maximum atomic E-state index is 11.8. The van der Waals surface area contributed by atoms with Crippen molar-refractivity contribution in [3.8, 4) is 0 Å². The molecular formula is C11H16N2O6. The van der Waals surface area contributed by atoms with E-state index in [0.717, 1.165) is 25.7 Å². The number of carbonyl (C=O) groups excluding carboxylic acids is 1. The van der Waals surface area contributed by atoms with Gasteiger partial charge in [0.15, 0.2) is 0 Å². The van der Waals surface area contributed by atoms with Crippen LogP contribution in [-0.4, -0.2) is 57.6 Å². The van der Waals surface area contributed by atoms with Crippen LogP contribution in [-0.2, 0) is 9.53 Å². The number of amides is 2. The van der Waals surface area contributed by atoms with E-state index in [0.29, 0.717) is 10.0 Å². The van der Waals surface area contributed by atoms with Gasteiger partial charge >= 0.3 is 18.2 Å². The number of ether oxygens (including phenoxy) is 1. The van der Waals surface area contributed by atoms with Gasteiger partial charge in [0.1, 0.15) is 6.10 Å². The van der Waals surface area contributed by atoms with Crippen LogP contribution in [0, 0.1) is 5.92 Å². The molecule has 8 nitrogen and oxygen atoms in total. The molecule has 2 amide bonds. The highest BCUT2D eigenvalue weighted by atomic mass is 16.6. The van der Waals surface area contributed by atoms with E-state index in [4.69, 9.17) is 14.9 Å². The summed E-state index contributed by atoms with van der Waals surface area (Å²) in [4.78, 5) is 33.6. The lowest BCUT2D eigenvalue weighted by Gasteiger charge is -2.20. The smallest absolute Gasteiger partial charge is 0.426 e. The van der Waals surface area contributed by atoms with Gasteiger partial charge in [-0.3, -0.25) is 4.79 Å². The maximum Gasteiger partial charge on any atom is 0.426 e. The highest BCUT2D eigenvalue weighted by Crippen LogP contribution is 2.27. The molecule has 8 heteroatoms. The average molecular weight is 272 g/mol. The van der Waals surface area contributed by atoms with Crippen molar-refractivity contribution in [2.45, 2.75) is 31.8 Å². The Balaban J connectivity index is 1.93. The van der Waals surface area contributed by atoms with E-state index < -0.39 is 18.3 Å². The van der Waals surface area contributed by atoms with Gasteiger partial charge in [0.25, 0.3) is 0 Å². The van der Waals surface area contributed by atoms with E-state index in [1.807, 2.05) is 0 Å². The second-order valence-electron chi connectivity index (χ2n) is 4.77. The van der Waals surface area contributed by atoms with Gasteiger partial charge in [0.05, 0.1) is 19.0 Å². The van der Waals surface area contributed by atoms with Crippen LogP contribution < -0.4 is 0 Å². The molecule has 0 aromatic heterocycles. The summed E-state index contributed by atoms with van der Waals surface area (Å²) >= 11 is 0. The molecule has 2 aliphatic rings. The first-order valence-corrected chi connectivity index (χ1v) is 6.20. The van der Waals surface area contributed by atoms with Crippen LogP contribution in [0.4, 0.5) is 9.59 Å². The lowest BCUT2D eigenvalue weighted by Crippen LogP contribution is -2.43. The molecule has 0 unspecified atom stereocenters. The Morgan fingerprint density at radius 1 is 0.947 bits per heavy atom. The molecular weight excluding hydrogens is 256 g/mol. The Labute approximate surface area is 109 Å².